The molecular formula is C11H15N3O4. The molecule has 1 heterocycles. The van der Waals surface area contributed by atoms with Crippen LogP contribution in [0.2, 0.25) is 0 Å². The molecule has 1 aromatic heterocycles. The van der Waals surface area contributed by atoms with Gasteiger partial charge in [-0.05, 0) is 29.3 Å². The van der Waals surface area contributed by atoms with Crippen LogP contribution in [-0.4, -0.2) is 27.5 Å². The number of pyridine rings is 1. The second-order valence-electron chi connectivity index (χ2n) is 4.24. The number of carbonyl (C=O) groups is 1. The number of hydrogen-bond acceptors (Lipinski definition) is 5. The van der Waals surface area contributed by atoms with E-state index < -0.39 is 16.3 Å². The Balaban J connectivity index is 2.69. The molecule has 0 aliphatic rings. The molecule has 0 aliphatic carbocycles. The Labute approximate surface area is 104 Å². The fourth-order valence-corrected chi connectivity index (χ4v) is 1.25. The van der Waals surface area contributed by atoms with Gasteiger partial charge >= 0.3 is 11.8 Å². The van der Waals surface area contributed by atoms with Gasteiger partial charge in [-0.25, -0.2) is 0 Å². The molecule has 1 atom stereocenters. The summed E-state index contributed by atoms with van der Waals surface area (Å²) in [7, 11) is 0. The van der Waals surface area contributed by atoms with Gasteiger partial charge in [0.1, 0.15) is 0 Å². The van der Waals surface area contributed by atoms with Gasteiger partial charge in [0.25, 0.3) is 0 Å². The molecule has 2 N–H and O–H groups in total. The van der Waals surface area contributed by atoms with Gasteiger partial charge < -0.3 is 20.5 Å². The van der Waals surface area contributed by atoms with Crippen LogP contribution < -0.4 is 5.32 Å². The summed E-state index contributed by atoms with van der Waals surface area (Å²) < 4.78 is 0. The molecule has 1 unspecified atom stereocenters. The van der Waals surface area contributed by atoms with Crippen molar-refractivity contribution in [1.82, 2.24) is 4.98 Å². The molecule has 0 saturated heterocycles. The first-order valence-electron chi connectivity index (χ1n) is 5.47. The predicted molar refractivity (Wildman–Crippen MR) is 65.4 cm³/mol. The van der Waals surface area contributed by atoms with Crippen molar-refractivity contribution >= 4 is 17.5 Å². The van der Waals surface area contributed by atoms with Crippen LogP contribution in [0.15, 0.2) is 18.3 Å². The van der Waals surface area contributed by atoms with E-state index in [0.717, 1.165) is 0 Å². The maximum atomic E-state index is 11.1. The summed E-state index contributed by atoms with van der Waals surface area (Å²) in [5, 5.41) is 22.4. The Morgan fingerprint density at radius 3 is 2.67 bits per heavy atom. The second-order valence-corrected chi connectivity index (χ2v) is 4.24. The maximum Gasteiger partial charge on any atom is 0.363 e. The molecule has 18 heavy (non-hydrogen) atoms. The summed E-state index contributed by atoms with van der Waals surface area (Å²) >= 11 is 0. The molecule has 98 valence electrons. The average molecular weight is 253 g/mol. The highest BCUT2D eigenvalue weighted by Gasteiger charge is 2.30. The predicted octanol–water partition coefficient (Wildman–Crippen LogP) is 1.90. The lowest BCUT2D eigenvalue weighted by atomic mass is 9.88. The number of anilines is 1. The Morgan fingerprint density at radius 2 is 2.28 bits per heavy atom. The molecule has 7 heteroatoms. The van der Waals surface area contributed by atoms with E-state index in [4.69, 9.17) is 5.11 Å². The van der Waals surface area contributed by atoms with Crippen LogP contribution in [0.1, 0.15) is 20.3 Å². The van der Waals surface area contributed by atoms with Crippen LogP contribution >= 0.6 is 0 Å². The van der Waals surface area contributed by atoms with E-state index in [1.54, 1.807) is 13.8 Å². The molecule has 0 aliphatic heterocycles. The third-order valence-electron chi connectivity index (χ3n) is 2.91. The number of aliphatic carboxylic acids is 1. The van der Waals surface area contributed by atoms with Gasteiger partial charge in [0.05, 0.1) is 11.1 Å². The minimum absolute atomic E-state index is 0.234. The van der Waals surface area contributed by atoms with Crippen LogP contribution in [0.25, 0.3) is 0 Å². The molecule has 0 radical (unpaired) electrons. The number of nitrogens with zero attached hydrogens (tertiary/aromatic N) is 2. The molecular weight excluding hydrogens is 238 g/mol. The van der Waals surface area contributed by atoms with Crippen molar-refractivity contribution in [2.75, 3.05) is 11.9 Å². The normalized spacial score (nSPS) is 13.7. The van der Waals surface area contributed by atoms with Crippen LogP contribution in [0.4, 0.5) is 11.5 Å². The quantitative estimate of drug-likeness (QED) is 0.592. The van der Waals surface area contributed by atoms with Crippen LogP contribution in [-0.2, 0) is 4.79 Å². The third-order valence-corrected chi connectivity index (χ3v) is 2.91. The molecule has 0 saturated carbocycles. The van der Waals surface area contributed by atoms with Gasteiger partial charge in [-0.3, -0.25) is 4.79 Å². The van der Waals surface area contributed by atoms with Gasteiger partial charge in [0, 0.05) is 12.6 Å². The van der Waals surface area contributed by atoms with E-state index in [2.05, 4.69) is 10.3 Å². The molecule has 0 bridgehead atoms. The largest absolute Gasteiger partial charge is 0.481 e. The second kappa shape index (κ2) is 5.44. The van der Waals surface area contributed by atoms with Gasteiger partial charge in [0.15, 0.2) is 6.20 Å². The fourth-order valence-electron chi connectivity index (χ4n) is 1.25. The summed E-state index contributed by atoms with van der Waals surface area (Å²) in [5.74, 6) is -1.12. The standard InChI is InChI=1S/C11H15N3O4/c1-3-11(2,10(15)16)7-13-8-4-5-9(12-6-8)14(17)18/h4-6,13H,3,7H2,1-2H3,(H,15,16). The number of carboxylic acids is 1. The zero-order valence-electron chi connectivity index (χ0n) is 10.2. The summed E-state index contributed by atoms with van der Waals surface area (Å²) in [6.07, 6.45) is 1.80. The molecule has 1 aromatic rings. The lowest BCUT2D eigenvalue weighted by Gasteiger charge is -2.23. The minimum Gasteiger partial charge on any atom is -0.481 e. The van der Waals surface area contributed by atoms with E-state index in [0.29, 0.717) is 12.1 Å². The van der Waals surface area contributed by atoms with Gasteiger partial charge in [-0.1, -0.05) is 6.92 Å². The van der Waals surface area contributed by atoms with E-state index in [9.17, 15) is 14.9 Å². The highest BCUT2D eigenvalue weighted by Crippen LogP contribution is 2.22. The summed E-state index contributed by atoms with van der Waals surface area (Å²) in [6.45, 7) is 3.67. The van der Waals surface area contributed by atoms with Crippen LogP contribution in [0.3, 0.4) is 0 Å². The topological polar surface area (TPSA) is 105 Å². The van der Waals surface area contributed by atoms with Crippen LogP contribution in [0, 0.1) is 15.5 Å². The zero-order valence-corrected chi connectivity index (χ0v) is 10.2. The highest BCUT2D eigenvalue weighted by molar-refractivity contribution is 5.75. The van der Waals surface area contributed by atoms with E-state index >= 15 is 0 Å². The van der Waals surface area contributed by atoms with Crippen molar-refractivity contribution in [3.63, 3.8) is 0 Å². The minimum atomic E-state index is -0.882. The molecule has 7 nitrogen and oxygen atoms in total. The van der Waals surface area contributed by atoms with Gasteiger partial charge in [-0.15, -0.1) is 0 Å². The average Bonchev–Trinajstić information content (AvgIpc) is 2.36. The van der Waals surface area contributed by atoms with Crippen molar-refractivity contribution in [1.29, 1.82) is 0 Å². The lowest BCUT2D eigenvalue weighted by molar-refractivity contribution is -0.389. The van der Waals surface area contributed by atoms with Crippen molar-refractivity contribution in [2.24, 2.45) is 5.41 Å². The first-order valence-corrected chi connectivity index (χ1v) is 5.47. The number of hydrogen-bond donors (Lipinski definition) is 2. The smallest absolute Gasteiger partial charge is 0.363 e. The van der Waals surface area contributed by atoms with E-state index in [1.165, 1.54) is 18.3 Å². The monoisotopic (exact) mass is 253 g/mol. The Bertz CT molecular complexity index is 446. The lowest BCUT2D eigenvalue weighted by Crippen LogP contribution is -2.34. The number of nitrogens with one attached hydrogen (secondary N) is 1. The summed E-state index contributed by atoms with van der Waals surface area (Å²) in [4.78, 5) is 24.5. The van der Waals surface area contributed by atoms with Crippen molar-refractivity contribution in [3.8, 4) is 0 Å². The zero-order chi connectivity index (χ0) is 13.8. The fraction of sp³-hybridized carbons (Fsp3) is 0.455. The number of carboxylic acid groups (broad SMARTS) is 1. The van der Waals surface area contributed by atoms with Gasteiger partial charge in [0.2, 0.25) is 0 Å². The van der Waals surface area contributed by atoms with Gasteiger partial charge in [-0.2, -0.15) is 0 Å². The highest BCUT2D eigenvalue weighted by atomic mass is 16.6. The molecule has 0 aromatic carbocycles. The number of aromatic nitrogens is 1. The molecule has 1 rings (SSSR count). The van der Waals surface area contributed by atoms with Crippen molar-refractivity contribution in [2.45, 2.75) is 20.3 Å². The maximum absolute atomic E-state index is 11.1. The van der Waals surface area contributed by atoms with E-state index in [-0.39, 0.29) is 12.4 Å². The molecule has 0 fully saturated rings. The summed E-state index contributed by atoms with van der Waals surface area (Å²) in [5.41, 5.74) is -0.316. The first-order chi connectivity index (χ1) is 8.39. The Morgan fingerprint density at radius 1 is 1.61 bits per heavy atom. The Kier molecular flexibility index (Phi) is 4.19. The number of rotatable bonds is 6. The molecule has 0 spiro atoms. The van der Waals surface area contributed by atoms with Crippen LogP contribution in [0.5, 0.6) is 0 Å². The molecule has 0 amide bonds. The summed E-state index contributed by atoms with van der Waals surface area (Å²) in [6, 6.07) is 2.77. The SMILES string of the molecule is CCC(C)(CNc1ccc([N+](=O)[O-])nc1)C(=O)O. The van der Waals surface area contributed by atoms with Crippen molar-refractivity contribution < 1.29 is 14.8 Å². The van der Waals surface area contributed by atoms with Crippen molar-refractivity contribution in [3.05, 3.63) is 28.4 Å². The number of nitro groups is 1. The van der Waals surface area contributed by atoms with E-state index in [1.807, 2.05) is 0 Å². The third kappa shape index (κ3) is 3.16. The Hall–Kier alpha value is -2.18. The first kappa shape index (κ1) is 13.9.